The van der Waals surface area contributed by atoms with E-state index in [4.69, 9.17) is 18.6 Å². The predicted molar refractivity (Wildman–Crippen MR) is 167 cm³/mol. The molecule has 3 heterocycles. The molecule has 48 heavy (non-hydrogen) atoms. The van der Waals surface area contributed by atoms with Crippen LogP contribution in [0.15, 0.2) is 53.0 Å². The van der Waals surface area contributed by atoms with E-state index in [0.29, 0.717) is 11.6 Å². The van der Waals surface area contributed by atoms with Crippen molar-refractivity contribution < 1.29 is 49.8 Å². The van der Waals surface area contributed by atoms with Crippen LogP contribution in [0.3, 0.4) is 0 Å². The highest BCUT2D eigenvalue weighted by molar-refractivity contribution is 5.89. The number of ether oxygens (including phenoxy) is 3. The van der Waals surface area contributed by atoms with Gasteiger partial charge in [0.05, 0.1) is 12.3 Å². The van der Waals surface area contributed by atoms with Crippen LogP contribution in [-0.4, -0.2) is 39.2 Å². The van der Waals surface area contributed by atoms with Crippen LogP contribution in [0, 0.1) is 0 Å². The molecule has 15 heteroatoms. The number of nitrogens with one attached hydrogen (secondary N) is 1. The Morgan fingerprint density at radius 1 is 1.00 bits per heavy atom. The molecule has 266 valence electrons. The molecule has 4 rings (SSSR count). The minimum atomic E-state index is -5.07. The molecule has 3 aromatic rings. The number of carbonyl (C=O) groups is 1. The lowest BCUT2D eigenvalue weighted by atomic mass is 9.95. The SMILES string of the molecule is CC.CC.C[C@@H]1C/C=C\CCC(OCc2ccccc2)(C(F)(F)F)c2nnc(o2)-c2nc(c(C(F)(F)F)cc2NC(=O)OC(C)(C)C)O1. The molecule has 0 radical (unpaired) electrons. The average molecular weight is 689 g/mol. The van der Waals surface area contributed by atoms with Gasteiger partial charge in [0.15, 0.2) is 5.69 Å². The van der Waals surface area contributed by atoms with E-state index in [1.807, 2.05) is 27.7 Å². The van der Waals surface area contributed by atoms with Crippen LogP contribution in [0.4, 0.5) is 36.8 Å². The van der Waals surface area contributed by atoms with Crippen LogP contribution >= 0.6 is 0 Å². The molecular weight excluding hydrogens is 646 g/mol. The van der Waals surface area contributed by atoms with Gasteiger partial charge < -0.3 is 18.6 Å². The Bertz CT molecular complexity index is 1490. The second-order valence-corrected chi connectivity index (χ2v) is 11.0. The number of hydrogen-bond acceptors (Lipinski definition) is 8. The number of aromatic nitrogens is 3. The lowest BCUT2D eigenvalue weighted by molar-refractivity contribution is -0.299. The molecule has 0 spiro atoms. The van der Waals surface area contributed by atoms with E-state index in [-0.39, 0.29) is 12.8 Å². The minimum absolute atomic E-state index is 0.0501. The highest BCUT2D eigenvalue weighted by Crippen LogP contribution is 2.47. The van der Waals surface area contributed by atoms with Crippen LogP contribution in [0.5, 0.6) is 5.88 Å². The molecule has 1 aliphatic heterocycles. The topological polar surface area (TPSA) is 109 Å². The Morgan fingerprint density at radius 3 is 2.23 bits per heavy atom. The molecule has 9 nitrogen and oxygen atoms in total. The number of carbonyl (C=O) groups excluding carboxylic acids is 1. The number of hydrogen-bond donors (Lipinski definition) is 1. The van der Waals surface area contributed by atoms with Crippen molar-refractivity contribution in [3.8, 4) is 17.5 Å². The van der Waals surface area contributed by atoms with Gasteiger partial charge in [0.25, 0.3) is 11.8 Å². The van der Waals surface area contributed by atoms with Crippen LogP contribution in [0.25, 0.3) is 11.6 Å². The first kappa shape index (κ1) is 40.0. The number of amides is 1. The summed E-state index contributed by atoms with van der Waals surface area (Å²) in [4.78, 5) is 16.5. The van der Waals surface area contributed by atoms with Gasteiger partial charge in [-0.3, -0.25) is 5.32 Å². The van der Waals surface area contributed by atoms with Gasteiger partial charge in [-0.1, -0.05) is 70.2 Å². The van der Waals surface area contributed by atoms with Crippen molar-refractivity contribution in [2.75, 3.05) is 5.32 Å². The monoisotopic (exact) mass is 688 g/mol. The summed E-state index contributed by atoms with van der Waals surface area (Å²) in [5.74, 6) is -2.62. The number of halogens is 6. The van der Waals surface area contributed by atoms with Gasteiger partial charge in [-0.15, -0.1) is 10.2 Å². The molecule has 2 atom stereocenters. The van der Waals surface area contributed by atoms with Gasteiger partial charge in [0.1, 0.15) is 17.3 Å². The summed E-state index contributed by atoms with van der Waals surface area (Å²) in [5, 5.41) is 9.48. The molecule has 2 aromatic heterocycles. The number of fused-ring (bicyclic) bond motifs is 5. The molecular formula is C33H42F6N4O5. The van der Waals surface area contributed by atoms with E-state index in [9.17, 15) is 31.1 Å². The normalized spacial score (nSPS) is 18.8. The number of allylic oxidation sites excluding steroid dienone is 1. The zero-order chi connectivity index (χ0) is 36.3. The Morgan fingerprint density at radius 2 is 1.65 bits per heavy atom. The maximum atomic E-state index is 14.9. The van der Waals surface area contributed by atoms with Crippen LogP contribution in [-0.2, 0) is 27.9 Å². The molecule has 0 saturated heterocycles. The Hall–Kier alpha value is -4.14. The van der Waals surface area contributed by atoms with Gasteiger partial charge in [-0.25, -0.2) is 9.78 Å². The van der Waals surface area contributed by atoms with Crippen LogP contribution < -0.4 is 10.1 Å². The number of rotatable bonds is 4. The van der Waals surface area contributed by atoms with Crippen molar-refractivity contribution in [2.45, 2.75) is 111 Å². The van der Waals surface area contributed by atoms with Crippen molar-refractivity contribution >= 4 is 11.8 Å². The molecule has 1 aromatic carbocycles. The Labute approximate surface area is 276 Å². The zero-order valence-corrected chi connectivity index (χ0v) is 28.2. The lowest BCUT2D eigenvalue weighted by Crippen LogP contribution is -2.45. The van der Waals surface area contributed by atoms with Crippen molar-refractivity contribution in [1.82, 2.24) is 15.2 Å². The van der Waals surface area contributed by atoms with E-state index >= 15 is 0 Å². The minimum Gasteiger partial charge on any atom is -0.474 e. The maximum Gasteiger partial charge on any atom is 0.426 e. The van der Waals surface area contributed by atoms with Crippen molar-refractivity contribution in [3.63, 3.8) is 0 Å². The number of pyridine rings is 1. The lowest BCUT2D eigenvalue weighted by Gasteiger charge is -2.32. The molecule has 1 unspecified atom stereocenters. The molecule has 0 fully saturated rings. The summed E-state index contributed by atoms with van der Waals surface area (Å²) < 4.78 is 109. The fraction of sp³-hybridized carbons (Fsp3) is 0.515. The third-order valence-corrected chi connectivity index (χ3v) is 6.30. The third-order valence-electron chi connectivity index (χ3n) is 6.30. The molecule has 1 amide bonds. The first-order chi connectivity index (χ1) is 22.5. The quantitative estimate of drug-likeness (QED) is 0.213. The fourth-order valence-electron chi connectivity index (χ4n) is 4.24. The number of anilines is 1. The van der Waals surface area contributed by atoms with Crippen LogP contribution in [0.1, 0.15) is 91.7 Å². The molecule has 4 bridgehead atoms. The van der Waals surface area contributed by atoms with Gasteiger partial charge in [0, 0.05) is 6.42 Å². The first-order valence-corrected chi connectivity index (χ1v) is 15.5. The van der Waals surface area contributed by atoms with E-state index in [2.05, 4.69) is 20.5 Å². The largest absolute Gasteiger partial charge is 0.474 e. The Kier molecular flexibility index (Phi) is 14.0. The van der Waals surface area contributed by atoms with Gasteiger partial charge in [0.2, 0.25) is 11.5 Å². The van der Waals surface area contributed by atoms with Gasteiger partial charge >= 0.3 is 18.4 Å². The smallest absolute Gasteiger partial charge is 0.426 e. The van der Waals surface area contributed by atoms with Gasteiger partial charge in [-0.05, 0) is 52.2 Å². The summed E-state index contributed by atoms with van der Waals surface area (Å²) in [6.07, 6.45) is -9.95. The van der Waals surface area contributed by atoms with E-state index in [1.165, 1.54) is 39.8 Å². The number of alkyl halides is 6. The summed E-state index contributed by atoms with van der Waals surface area (Å²) in [6, 6.07) is 8.64. The highest BCUT2D eigenvalue weighted by Gasteiger charge is 2.61. The summed E-state index contributed by atoms with van der Waals surface area (Å²) in [7, 11) is 0. The van der Waals surface area contributed by atoms with Gasteiger partial charge in [-0.2, -0.15) is 26.3 Å². The standard InChI is InChI=1S/C29H30F6N4O5.2C2H6/c1-17-11-7-6-10-14-27(29(33,34)35,41-16-18-12-8-5-9-13-18)24-39-38-23(43-24)21-20(36-25(40)44-26(2,3)4)15-19(28(30,31)32)22(37-21)42-17;2*1-2/h5-9,12-13,15,17H,10-11,14,16H2,1-4H3,(H,36,40);2*1-2H3/b7-6-;;/t17-,27?;;/m1../s1. The second kappa shape index (κ2) is 16.8. The summed E-state index contributed by atoms with van der Waals surface area (Å²) in [5.41, 5.74) is -6.24. The maximum absolute atomic E-state index is 14.9. The van der Waals surface area contributed by atoms with Crippen molar-refractivity contribution in [1.29, 1.82) is 0 Å². The second-order valence-electron chi connectivity index (χ2n) is 11.0. The summed E-state index contributed by atoms with van der Waals surface area (Å²) >= 11 is 0. The van der Waals surface area contributed by atoms with Crippen LogP contribution in [0.2, 0.25) is 0 Å². The van der Waals surface area contributed by atoms with Crippen molar-refractivity contribution in [2.24, 2.45) is 0 Å². The number of nitrogens with zero attached hydrogens (tertiary/aromatic N) is 3. The highest BCUT2D eigenvalue weighted by atomic mass is 19.4. The number of benzene rings is 1. The summed E-state index contributed by atoms with van der Waals surface area (Å²) in [6.45, 7) is 13.6. The fourth-order valence-corrected chi connectivity index (χ4v) is 4.24. The predicted octanol–water partition coefficient (Wildman–Crippen LogP) is 10.0. The molecule has 1 aliphatic rings. The average Bonchev–Trinajstić information content (AvgIpc) is 3.49. The van der Waals surface area contributed by atoms with E-state index < -0.39 is 83.4 Å². The molecule has 1 N–H and O–H groups in total. The Balaban J connectivity index is 0.00000193. The molecule has 0 aliphatic carbocycles. The third kappa shape index (κ3) is 10.4. The first-order valence-electron chi connectivity index (χ1n) is 15.5. The van der Waals surface area contributed by atoms with E-state index in [1.54, 1.807) is 30.3 Å². The van der Waals surface area contributed by atoms with E-state index in [0.717, 1.165) is 0 Å². The zero-order valence-electron chi connectivity index (χ0n) is 28.2. The van der Waals surface area contributed by atoms with Crippen molar-refractivity contribution in [3.05, 3.63) is 65.6 Å². The molecule has 0 saturated carbocycles.